The van der Waals surface area contributed by atoms with Gasteiger partial charge in [0, 0.05) is 23.8 Å². The molecule has 0 spiro atoms. The number of aliphatic carboxylic acids is 1. The van der Waals surface area contributed by atoms with Crippen LogP contribution in [0.4, 0.5) is 0 Å². The van der Waals surface area contributed by atoms with Gasteiger partial charge in [-0.1, -0.05) is 0 Å². The quantitative estimate of drug-likeness (QED) is 0.0634. The summed E-state index contributed by atoms with van der Waals surface area (Å²) < 4.78 is 0. The van der Waals surface area contributed by atoms with Crippen molar-refractivity contribution in [1.29, 1.82) is 0 Å². The second-order valence-electron chi connectivity index (χ2n) is 6.70. The largest absolute Gasteiger partial charge is 0.480 e. The summed E-state index contributed by atoms with van der Waals surface area (Å²) in [6, 6.07) is -0.873. The fraction of sp³-hybridized carbons (Fsp3) is 0.846. The molecule has 5 atom stereocenters. The van der Waals surface area contributed by atoms with Crippen molar-refractivity contribution >= 4 is 19.7 Å². The summed E-state index contributed by atoms with van der Waals surface area (Å²) >= 11 is 0. The van der Waals surface area contributed by atoms with E-state index in [1.54, 1.807) is 0 Å². The van der Waals surface area contributed by atoms with Gasteiger partial charge in [0.15, 0.2) is 5.79 Å². The van der Waals surface area contributed by atoms with Gasteiger partial charge < -0.3 is 31.5 Å². The summed E-state index contributed by atoms with van der Waals surface area (Å²) in [5, 5.41) is 47.4. The molecule has 2 radical (unpaired) electrons. The summed E-state index contributed by atoms with van der Waals surface area (Å²) in [5.74, 6) is -0.406. The van der Waals surface area contributed by atoms with Crippen LogP contribution in [0.1, 0.15) is 25.7 Å². The van der Waals surface area contributed by atoms with E-state index < -0.39 is 35.1 Å². The Balaban J connectivity index is 2.20. The molecule has 1 saturated heterocycles. The van der Waals surface area contributed by atoms with E-state index in [9.17, 15) is 20.1 Å². The molecule has 2 fully saturated rings. The number of hydrazine groups is 1. The monoisotopic (exact) mass is 341 g/mol. The number of rotatable bonds is 5. The highest BCUT2D eigenvalue weighted by molar-refractivity contribution is 6.14. The Bertz CT molecular complexity index is 515. The molecule has 11 heteroatoms. The Labute approximate surface area is 140 Å². The van der Waals surface area contributed by atoms with E-state index in [-0.39, 0.29) is 44.0 Å². The van der Waals surface area contributed by atoms with Crippen molar-refractivity contribution in [3.63, 3.8) is 0 Å². The number of nitrogens with zero attached hydrogens (tertiary/aromatic N) is 1. The average molecular weight is 341 g/mol. The van der Waals surface area contributed by atoms with Crippen molar-refractivity contribution in [2.75, 3.05) is 6.54 Å². The highest BCUT2D eigenvalue weighted by Crippen LogP contribution is 2.49. The van der Waals surface area contributed by atoms with E-state index >= 15 is 0 Å². The molecule has 0 aromatic heterocycles. The van der Waals surface area contributed by atoms with Gasteiger partial charge >= 0.3 is 5.97 Å². The maximum absolute atomic E-state index is 11.2. The third-order valence-electron chi connectivity index (χ3n) is 5.13. The smallest absolute Gasteiger partial charge is 0.320 e. The van der Waals surface area contributed by atoms with E-state index in [1.165, 1.54) is 0 Å². The molecule has 10 N–H and O–H groups in total. The number of hydrogen-bond acceptors (Lipinski definition) is 8. The minimum atomic E-state index is -2.32. The van der Waals surface area contributed by atoms with Gasteiger partial charge in [0.25, 0.3) is 0 Å². The normalized spacial score (nSPS) is 39.1. The number of carboxylic acids is 1. The first-order valence-electron chi connectivity index (χ1n) is 7.79. The van der Waals surface area contributed by atoms with Gasteiger partial charge in [0.1, 0.15) is 19.7 Å². The lowest BCUT2D eigenvalue weighted by atomic mass is 9.52. The first-order valence-corrected chi connectivity index (χ1v) is 7.79. The fourth-order valence-corrected chi connectivity index (χ4v) is 3.97. The first-order chi connectivity index (χ1) is 11.1. The van der Waals surface area contributed by atoms with Crippen molar-refractivity contribution in [3.8, 4) is 0 Å². The van der Waals surface area contributed by atoms with Crippen LogP contribution in [0.2, 0.25) is 0 Å². The summed E-state index contributed by atoms with van der Waals surface area (Å²) in [4.78, 5) is 11.2. The van der Waals surface area contributed by atoms with Crippen LogP contribution in [0.25, 0.3) is 0 Å². The molecule has 1 aliphatic heterocycles. The number of amidine groups is 1. The van der Waals surface area contributed by atoms with E-state index in [0.29, 0.717) is 0 Å². The van der Waals surface area contributed by atoms with Gasteiger partial charge in [-0.05, 0) is 31.7 Å². The lowest BCUT2D eigenvalue weighted by Crippen LogP contribution is -2.67. The van der Waals surface area contributed by atoms with E-state index in [0.717, 1.165) is 0 Å². The zero-order valence-corrected chi connectivity index (χ0v) is 13.2. The lowest BCUT2D eigenvalue weighted by molar-refractivity contribution is -0.299. The number of hydrogen-bond donors (Lipinski definition) is 8. The Hall–Kier alpha value is -1.40. The number of piperidine rings is 1. The van der Waals surface area contributed by atoms with Crippen molar-refractivity contribution in [1.82, 2.24) is 10.9 Å². The summed E-state index contributed by atoms with van der Waals surface area (Å²) in [6.07, 6.45) is 0.352. The standard InChI is InChI=1S/C13H24BN5O5/c14-12(22)4-6-5-17-8(11(20)21)3-7(6)13(23,24)9(12)1-2-10(15)18-19-16/h6-9,17,19,22-24H,1-5,16H2,(H2,15,18)(H,20,21). The molecule has 0 aromatic carbocycles. The number of carboxylic acid groups (broad SMARTS) is 1. The van der Waals surface area contributed by atoms with E-state index in [4.69, 9.17) is 24.5 Å². The number of nitrogens with one attached hydrogen (secondary N) is 2. The zero-order chi connectivity index (χ0) is 18.1. The van der Waals surface area contributed by atoms with Gasteiger partial charge in [-0.15, -0.1) is 0 Å². The van der Waals surface area contributed by atoms with Crippen molar-refractivity contribution in [2.24, 2.45) is 34.4 Å². The minimum absolute atomic E-state index is 0.0352. The van der Waals surface area contributed by atoms with Crippen LogP contribution in [-0.4, -0.2) is 64.0 Å². The topological polar surface area (TPSA) is 186 Å². The molecule has 1 heterocycles. The molecule has 2 aliphatic rings. The summed E-state index contributed by atoms with van der Waals surface area (Å²) in [5.41, 5.74) is 5.82. The maximum Gasteiger partial charge on any atom is 0.320 e. The number of fused-ring (bicyclic) bond motifs is 1. The Morgan fingerprint density at radius 3 is 2.67 bits per heavy atom. The van der Waals surface area contributed by atoms with Crippen LogP contribution in [0.15, 0.2) is 5.10 Å². The van der Waals surface area contributed by atoms with Crippen LogP contribution in [0, 0.1) is 17.8 Å². The molecule has 10 nitrogen and oxygen atoms in total. The van der Waals surface area contributed by atoms with Gasteiger partial charge in [0.2, 0.25) is 0 Å². The highest BCUT2D eigenvalue weighted by Gasteiger charge is 2.59. The molecule has 134 valence electrons. The zero-order valence-electron chi connectivity index (χ0n) is 13.2. The van der Waals surface area contributed by atoms with Gasteiger partial charge in [-0.25, -0.2) is 11.4 Å². The molecule has 1 aliphatic carbocycles. The second-order valence-corrected chi connectivity index (χ2v) is 6.70. The maximum atomic E-state index is 11.2. The third-order valence-corrected chi connectivity index (χ3v) is 5.13. The summed E-state index contributed by atoms with van der Waals surface area (Å²) in [7, 11) is 5.93. The van der Waals surface area contributed by atoms with Gasteiger partial charge in [-0.2, -0.15) is 5.10 Å². The molecule has 2 rings (SSSR count). The average Bonchev–Trinajstić information content (AvgIpc) is 2.45. The van der Waals surface area contributed by atoms with Gasteiger partial charge in [-0.3, -0.25) is 4.79 Å². The fourth-order valence-electron chi connectivity index (χ4n) is 3.97. The highest BCUT2D eigenvalue weighted by atomic mass is 16.5. The Kier molecular flexibility index (Phi) is 5.40. The van der Waals surface area contributed by atoms with Crippen molar-refractivity contribution in [2.45, 2.75) is 43.0 Å². The number of nitrogens with two attached hydrogens (primary N) is 2. The third kappa shape index (κ3) is 3.65. The predicted molar refractivity (Wildman–Crippen MR) is 85.2 cm³/mol. The molecular weight excluding hydrogens is 317 g/mol. The minimum Gasteiger partial charge on any atom is -0.480 e. The number of hydrazone groups is 1. The molecule has 24 heavy (non-hydrogen) atoms. The molecule has 1 saturated carbocycles. The molecule has 5 unspecified atom stereocenters. The molecular formula is C13H24BN5O5. The van der Waals surface area contributed by atoms with Crippen LogP contribution < -0.4 is 22.4 Å². The molecule has 0 amide bonds. The van der Waals surface area contributed by atoms with E-state index in [2.05, 4.69) is 10.4 Å². The van der Waals surface area contributed by atoms with Crippen LogP contribution in [0.5, 0.6) is 0 Å². The van der Waals surface area contributed by atoms with E-state index in [1.807, 2.05) is 5.53 Å². The number of carbonyl (C=O) groups is 1. The van der Waals surface area contributed by atoms with Crippen LogP contribution >= 0.6 is 0 Å². The van der Waals surface area contributed by atoms with Gasteiger partial charge in [0.05, 0.1) is 0 Å². The Morgan fingerprint density at radius 2 is 2.08 bits per heavy atom. The SMILES string of the molecule is [B]C1(O)CC2CNC(C(=O)O)CC2C(O)(O)C1CC/C(N)=N/NN. The lowest BCUT2D eigenvalue weighted by Gasteiger charge is -2.55. The first kappa shape index (κ1) is 18.9. The van der Waals surface area contributed by atoms with Crippen molar-refractivity contribution < 1.29 is 25.2 Å². The number of aliphatic hydroxyl groups is 3. The molecule has 0 aromatic rings. The molecule has 0 bridgehead atoms. The summed E-state index contributed by atoms with van der Waals surface area (Å²) in [6.45, 7) is 0.234. The van der Waals surface area contributed by atoms with Crippen molar-refractivity contribution in [3.05, 3.63) is 0 Å². The predicted octanol–water partition coefficient (Wildman–Crippen LogP) is -3.26. The van der Waals surface area contributed by atoms with Crippen LogP contribution in [-0.2, 0) is 4.79 Å². The second kappa shape index (κ2) is 6.85. The van der Waals surface area contributed by atoms with Crippen LogP contribution in [0.3, 0.4) is 0 Å². The Morgan fingerprint density at radius 1 is 1.42 bits per heavy atom.